The first-order chi connectivity index (χ1) is 7.22. The van der Waals surface area contributed by atoms with Gasteiger partial charge in [-0.1, -0.05) is 13.3 Å². The molecule has 84 valence electrons. The van der Waals surface area contributed by atoms with E-state index >= 15 is 0 Å². The van der Waals surface area contributed by atoms with Crippen LogP contribution in [0.1, 0.15) is 33.7 Å². The Morgan fingerprint density at radius 3 is 2.93 bits per heavy atom. The van der Waals surface area contributed by atoms with Gasteiger partial charge in [0.25, 0.3) is 5.91 Å². The second kappa shape index (κ2) is 5.79. The number of ether oxygens (including phenoxy) is 1. The van der Waals surface area contributed by atoms with Gasteiger partial charge in [-0.3, -0.25) is 10.2 Å². The molecule has 15 heavy (non-hydrogen) atoms. The lowest BCUT2D eigenvalue weighted by molar-refractivity contribution is 0.0956. The molecule has 0 aliphatic rings. The number of carbonyl (C=O) groups is 1. The van der Waals surface area contributed by atoms with Crippen LogP contribution in [0.15, 0.2) is 0 Å². The summed E-state index contributed by atoms with van der Waals surface area (Å²) in [6.45, 7) is 2.47. The molecule has 1 aromatic heterocycles. The summed E-state index contributed by atoms with van der Waals surface area (Å²) >= 11 is 1.33. The SMILES string of the molecule is CCCc1nc(COC)sc1C(=O)NN. The summed E-state index contributed by atoms with van der Waals surface area (Å²) < 4.78 is 4.97. The van der Waals surface area contributed by atoms with Crippen LogP contribution in [0.2, 0.25) is 0 Å². The molecule has 0 spiro atoms. The number of hydrazine groups is 1. The van der Waals surface area contributed by atoms with Gasteiger partial charge in [0.15, 0.2) is 0 Å². The number of hydrogen-bond donors (Lipinski definition) is 2. The smallest absolute Gasteiger partial charge is 0.277 e. The predicted molar refractivity (Wildman–Crippen MR) is 58.5 cm³/mol. The molecule has 5 nitrogen and oxygen atoms in total. The second-order valence-corrected chi connectivity index (χ2v) is 4.12. The molecule has 0 aliphatic heterocycles. The van der Waals surface area contributed by atoms with Gasteiger partial charge in [-0.15, -0.1) is 11.3 Å². The molecule has 0 radical (unpaired) electrons. The van der Waals surface area contributed by atoms with Gasteiger partial charge in [0.05, 0.1) is 12.3 Å². The third-order valence-electron chi connectivity index (χ3n) is 1.83. The zero-order valence-electron chi connectivity index (χ0n) is 8.87. The Balaban J connectivity index is 2.94. The summed E-state index contributed by atoms with van der Waals surface area (Å²) in [4.78, 5) is 16.3. The van der Waals surface area contributed by atoms with Gasteiger partial charge in [0.2, 0.25) is 0 Å². The van der Waals surface area contributed by atoms with Crippen LogP contribution in [0.25, 0.3) is 0 Å². The molecule has 0 bridgehead atoms. The lowest BCUT2D eigenvalue weighted by Gasteiger charge is -1.97. The van der Waals surface area contributed by atoms with Crippen LogP contribution in [0, 0.1) is 0 Å². The molecule has 1 rings (SSSR count). The van der Waals surface area contributed by atoms with Crippen molar-refractivity contribution in [2.45, 2.75) is 26.4 Å². The van der Waals surface area contributed by atoms with Crippen molar-refractivity contribution in [2.75, 3.05) is 7.11 Å². The number of nitrogens with one attached hydrogen (secondary N) is 1. The highest BCUT2D eigenvalue weighted by Gasteiger charge is 2.16. The molecule has 0 aliphatic carbocycles. The number of hydrogen-bond acceptors (Lipinski definition) is 5. The van der Waals surface area contributed by atoms with E-state index in [0.717, 1.165) is 23.5 Å². The Hall–Kier alpha value is -0.980. The fourth-order valence-corrected chi connectivity index (χ4v) is 2.22. The van der Waals surface area contributed by atoms with Gasteiger partial charge in [-0.25, -0.2) is 10.8 Å². The van der Waals surface area contributed by atoms with Gasteiger partial charge in [-0.05, 0) is 6.42 Å². The fourth-order valence-electron chi connectivity index (χ4n) is 1.24. The highest BCUT2D eigenvalue weighted by Crippen LogP contribution is 2.20. The first-order valence-corrected chi connectivity index (χ1v) is 5.53. The van der Waals surface area contributed by atoms with Crippen LogP contribution in [0.5, 0.6) is 0 Å². The van der Waals surface area contributed by atoms with Crippen molar-refractivity contribution in [1.82, 2.24) is 10.4 Å². The van der Waals surface area contributed by atoms with Gasteiger partial charge in [0.1, 0.15) is 9.88 Å². The third kappa shape index (κ3) is 2.98. The first kappa shape index (κ1) is 12.1. The van der Waals surface area contributed by atoms with Crippen LogP contribution in [0.3, 0.4) is 0 Å². The summed E-state index contributed by atoms with van der Waals surface area (Å²) in [5, 5.41) is 0.805. The van der Waals surface area contributed by atoms with E-state index < -0.39 is 0 Å². The molecule has 0 atom stereocenters. The average molecular weight is 229 g/mol. The minimum absolute atomic E-state index is 0.279. The molecule has 0 saturated carbocycles. The minimum atomic E-state index is -0.279. The number of nitrogens with two attached hydrogens (primary N) is 1. The average Bonchev–Trinajstić information content (AvgIpc) is 2.61. The molecule has 0 aromatic carbocycles. The van der Waals surface area contributed by atoms with E-state index in [1.807, 2.05) is 6.92 Å². The molecular formula is C9H15N3O2S. The summed E-state index contributed by atoms with van der Waals surface area (Å²) in [6, 6.07) is 0. The Kier molecular flexibility index (Phi) is 4.67. The van der Waals surface area contributed by atoms with Crippen LogP contribution < -0.4 is 11.3 Å². The van der Waals surface area contributed by atoms with E-state index in [0.29, 0.717) is 11.5 Å². The number of amides is 1. The maximum Gasteiger partial charge on any atom is 0.277 e. The quantitative estimate of drug-likeness (QED) is 0.446. The van der Waals surface area contributed by atoms with Crippen molar-refractivity contribution in [3.05, 3.63) is 15.6 Å². The topological polar surface area (TPSA) is 77.2 Å². The molecular weight excluding hydrogens is 214 g/mol. The highest BCUT2D eigenvalue weighted by molar-refractivity contribution is 7.13. The third-order valence-corrected chi connectivity index (χ3v) is 2.90. The van der Waals surface area contributed by atoms with Crippen molar-refractivity contribution in [3.8, 4) is 0 Å². The highest BCUT2D eigenvalue weighted by atomic mass is 32.1. The van der Waals surface area contributed by atoms with E-state index in [-0.39, 0.29) is 5.91 Å². The number of carbonyl (C=O) groups excluding carboxylic acids is 1. The lowest BCUT2D eigenvalue weighted by Crippen LogP contribution is -2.30. The molecule has 1 aromatic rings. The van der Waals surface area contributed by atoms with E-state index in [2.05, 4.69) is 10.4 Å². The molecule has 0 unspecified atom stereocenters. The monoisotopic (exact) mass is 229 g/mol. The lowest BCUT2D eigenvalue weighted by atomic mass is 10.2. The van der Waals surface area contributed by atoms with E-state index in [4.69, 9.17) is 10.6 Å². The Morgan fingerprint density at radius 2 is 2.40 bits per heavy atom. The van der Waals surface area contributed by atoms with E-state index in [9.17, 15) is 4.79 Å². The number of rotatable bonds is 5. The maximum atomic E-state index is 11.4. The molecule has 0 fully saturated rings. The summed E-state index contributed by atoms with van der Waals surface area (Å²) in [6.07, 6.45) is 1.73. The standard InChI is InChI=1S/C9H15N3O2S/c1-3-4-6-8(9(13)12-10)15-7(11-6)5-14-2/h3-5,10H2,1-2H3,(H,12,13). The van der Waals surface area contributed by atoms with Gasteiger partial charge < -0.3 is 4.74 Å². The number of nitrogen functional groups attached to an aromatic ring is 1. The fraction of sp³-hybridized carbons (Fsp3) is 0.556. The molecule has 1 heterocycles. The van der Waals surface area contributed by atoms with E-state index in [1.54, 1.807) is 7.11 Å². The minimum Gasteiger partial charge on any atom is -0.378 e. The van der Waals surface area contributed by atoms with Crippen LogP contribution in [-0.2, 0) is 17.8 Å². The second-order valence-electron chi connectivity index (χ2n) is 3.04. The van der Waals surface area contributed by atoms with Crippen LogP contribution >= 0.6 is 11.3 Å². The summed E-state index contributed by atoms with van der Waals surface area (Å²) in [7, 11) is 1.60. The number of nitrogens with zero attached hydrogens (tertiary/aromatic N) is 1. The first-order valence-electron chi connectivity index (χ1n) is 4.71. The zero-order valence-corrected chi connectivity index (χ0v) is 9.69. The number of aromatic nitrogens is 1. The van der Waals surface area contributed by atoms with Crippen molar-refractivity contribution in [2.24, 2.45) is 5.84 Å². The number of thiazole rings is 1. The Bertz CT molecular complexity index is 338. The largest absolute Gasteiger partial charge is 0.378 e. The normalized spacial score (nSPS) is 10.3. The van der Waals surface area contributed by atoms with Crippen molar-refractivity contribution < 1.29 is 9.53 Å². The number of methoxy groups -OCH3 is 1. The van der Waals surface area contributed by atoms with Crippen LogP contribution in [-0.4, -0.2) is 18.0 Å². The summed E-state index contributed by atoms with van der Waals surface area (Å²) in [5.74, 6) is 4.82. The Morgan fingerprint density at radius 1 is 1.67 bits per heavy atom. The molecule has 0 saturated heterocycles. The predicted octanol–water partition coefficient (Wildman–Crippen LogP) is 0.846. The van der Waals surface area contributed by atoms with Crippen LogP contribution in [0.4, 0.5) is 0 Å². The number of aryl methyl sites for hydroxylation is 1. The summed E-state index contributed by atoms with van der Waals surface area (Å²) in [5.41, 5.74) is 2.93. The van der Waals surface area contributed by atoms with Crippen molar-refractivity contribution in [1.29, 1.82) is 0 Å². The Labute approximate surface area is 92.6 Å². The zero-order chi connectivity index (χ0) is 11.3. The van der Waals surface area contributed by atoms with Gasteiger partial charge in [-0.2, -0.15) is 0 Å². The van der Waals surface area contributed by atoms with E-state index in [1.165, 1.54) is 11.3 Å². The van der Waals surface area contributed by atoms with Crippen molar-refractivity contribution in [3.63, 3.8) is 0 Å². The maximum absolute atomic E-state index is 11.4. The molecule has 6 heteroatoms. The van der Waals surface area contributed by atoms with Crippen molar-refractivity contribution >= 4 is 17.2 Å². The van der Waals surface area contributed by atoms with Gasteiger partial charge in [0, 0.05) is 7.11 Å². The van der Waals surface area contributed by atoms with Gasteiger partial charge >= 0.3 is 0 Å². The molecule has 3 N–H and O–H groups in total. The molecule has 1 amide bonds.